The molecule has 0 fully saturated rings. The van der Waals surface area contributed by atoms with Crippen LogP contribution in [0.15, 0.2) is 91.0 Å². The number of anilines is 1. The third kappa shape index (κ3) is 7.71. The normalized spacial score (nSPS) is 14.8. The Labute approximate surface area is 329 Å². The van der Waals surface area contributed by atoms with Crippen LogP contribution in [0.3, 0.4) is 0 Å². The lowest BCUT2D eigenvalue weighted by molar-refractivity contribution is -0.131. The van der Waals surface area contributed by atoms with Crippen molar-refractivity contribution < 1.29 is 19.5 Å². The third-order valence-electron chi connectivity index (χ3n) is 11.3. The summed E-state index contributed by atoms with van der Waals surface area (Å²) in [6.45, 7) is 6.10. The van der Waals surface area contributed by atoms with E-state index in [1.165, 1.54) is 5.56 Å². The molecule has 9 nitrogen and oxygen atoms in total. The van der Waals surface area contributed by atoms with Crippen LogP contribution in [0, 0.1) is 18.8 Å². The van der Waals surface area contributed by atoms with Gasteiger partial charge in [-0.05, 0) is 117 Å². The van der Waals surface area contributed by atoms with Crippen molar-refractivity contribution >= 4 is 23.4 Å². The smallest absolute Gasteiger partial charge is 0.259 e. The van der Waals surface area contributed by atoms with Gasteiger partial charge >= 0.3 is 0 Å². The Balaban J connectivity index is 1.24. The Kier molecular flexibility index (Phi) is 10.9. The maximum absolute atomic E-state index is 14.9. The van der Waals surface area contributed by atoms with Crippen molar-refractivity contribution in [2.45, 2.75) is 52.2 Å². The van der Waals surface area contributed by atoms with E-state index in [4.69, 9.17) is 0 Å². The van der Waals surface area contributed by atoms with Crippen LogP contribution < -0.4 is 4.90 Å². The van der Waals surface area contributed by atoms with Crippen LogP contribution >= 0.6 is 0 Å². The molecule has 0 saturated carbocycles. The van der Waals surface area contributed by atoms with Crippen molar-refractivity contribution in [3.63, 3.8) is 0 Å². The first-order chi connectivity index (χ1) is 26.9. The van der Waals surface area contributed by atoms with Gasteiger partial charge in [-0.3, -0.25) is 19.3 Å². The van der Waals surface area contributed by atoms with Gasteiger partial charge in [0, 0.05) is 73.5 Å². The molecule has 4 aromatic carbocycles. The Morgan fingerprint density at radius 3 is 2.30 bits per heavy atom. The largest absolute Gasteiger partial charge is 0.508 e. The maximum Gasteiger partial charge on any atom is 0.259 e. The Morgan fingerprint density at radius 1 is 0.839 bits per heavy atom. The van der Waals surface area contributed by atoms with Crippen molar-refractivity contribution in [2.24, 2.45) is 7.05 Å². The molecule has 1 aromatic heterocycles. The quantitative estimate of drug-likeness (QED) is 0.190. The van der Waals surface area contributed by atoms with Gasteiger partial charge < -0.3 is 24.4 Å². The van der Waals surface area contributed by atoms with E-state index in [9.17, 15) is 19.5 Å². The number of benzene rings is 4. The molecule has 7 rings (SSSR count). The van der Waals surface area contributed by atoms with E-state index >= 15 is 0 Å². The highest BCUT2D eigenvalue weighted by molar-refractivity contribution is 6.08. The summed E-state index contributed by atoms with van der Waals surface area (Å²) in [5, 5.41) is 9.81. The number of aromatic nitrogens is 1. The fourth-order valence-electron chi connectivity index (χ4n) is 7.83. The zero-order chi connectivity index (χ0) is 39.7. The highest BCUT2D eigenvalue weighted by atomic mass is 16.3. The first-order valence-corrected chi connectivity index (χ1v) is 19.2. The van der Waals surface area contributed by atoms with Gasteiger partial charge in [0.2, 0.25) is 5.91 Å². The van der Waals surface area contributed by atoms with E-state index < -0.39 is 0 Å². The molecule has 0 radical (unpaired) electrons. The highest BCUT2D eigenvalue weighted by Gasteiger charge is 2.32. The standard InChI is InChI=1S/C47H49N5O4/c1-31-24-34-13-9-10-15-37(34)30-52(31)47(56)43-26-38-29-51(45(54)27-35-14-8-7-12-33(35)16-11-22-48(3)4)23-21-36(38)25-42(43)44-28-41(32(2)49(44)5)46(55)50(6)39-17-19-40(53)20-18-39/h7-10,12-15,17-20,25-26,28,31,53H,21-24,27,29-30H2,1-6H3/t31-/m1/s1. The van der Waals surface area contributed by atoms with E-state index in [1.54, 1.807) is 36.2 Å². The fourth-order valence-corrected chi connectivity index (χ4v) is 7.83. The van der Waals surface area contributed by atoms with Gasteiger partial charge in [-0.15, -0.1) is 0 Å². The maximum atomic E-state index is 14.9. The van der Waals surface area contributed by atoms with Crippen molar-refractivity contribution in [3.05, 3.63) is 141 Å². The number of hydrogen-bond donors (Lipinski definition) is 1. The second kappa shape index (κ2) is 15.9. The number of phenolic OH excluding ortho intramolecular Hbond substituents is 1. The number of phenols is 1. The lowest BCUT2D eigenvalue weighted by Crippen LogP contribution is -2.43. The summed E-state index contributed by atoms with van der Waals surface area (Å²) in [5.41, 5.74) is 10.2. The summed E-state index contributed by atoms with van der Waals surface area (Å²) in [7, 11) is 7.60. The number of aromatic hydroxyl groups is 1. The van der Waals surface area contributed by atoms with Crippen LogP contribution in [-0.2, 0) is 44.2 Å². The third-order valence-corrected chi connectivity index (χ3v) is 11.3. The summed E-state index contributed by atoms with van der Waals surface area (Å²) in [4.78, 5) is 50.2. The van der Waals surface area contributed by atoms with E-state index in [1.807, 2.05) is 95.9 Å². The van der Waals surface area contributed by atoms with Crippen LogP contribution in [0.5, 0.6) is 5.75 Å². The van der Waals surface area contributed by atoms with E-state index in [0.29, 0.717) is 49.4 Å². The number of rotatable bonds is 7. The number of hydrogen-bond acceptors (Lipinski definition) is 5. The van der Waals surface area contributed by atoms with Crippen LogP contribution in [0.2, 0.25) is 0 Å². The average Bonchev–Trinajstić information content (AvgIpc) is 3.49. The number of carbonyl (C=O) groups excluding carboxylic acids is 3. The molecule has 3 heterocycles. The minimum atomic E-state index is -0.193. The molecular formula is C47H49N5O4. The molecule has 0 aliphatic carbocycles. The van der Waals surface area contributed by atoms with Crippen molar-refractivity contribution in [2.75, 3.05) is 39.1 Å². The zero-order valence-corrected chi connectivity index (χ0v) is 33.1. The van der Waals surface area contributed by atoms with E-state index in [-0.39, 0.29) is 35.9 Å². The lowest BCUT2D eigenvalue weighted by atomic mass is 9.89. The average molecular weight is 748 g/mol. The minimum absolute atomic E-state index is 0.0218. The van der Waals surface area contributed by atoms with E-state index in [0.717, 1.165) is 51.2 Å². The topological polar surface area (TPSA) is 89.3 Å². The highest BCUT2D eigenvalue weighted by Crippen LogP contribution is 2.36. The molecular weight excluding hydrogens is 699 g/mol. The Hall–Kier alpha value is -6.11. The Morgan fingerprint density at radius 2 is 1.55 bits per heavy atom. The summed E-state index contributed by atoms with van der Waals surface area (Å²) in [6, 6.07) is 28.6. The zero-order valence-electron chi connectivity index (χ0n) is 33.1. The molecule has 1 atom stereocenters. The molecule has 2 aliphatic rings. The second-order valence-corrected chi connectivity index (χ2v) is 15.3. The SMILES string of the molecule is Cc1c(C(=O)N(C)c2ccc(O)cc2)cc(-c2cc3c(cc2C(=O)N2Cc4ccccc4C[C@H]2C)CN(C(=O)Cc2ccccc2C#CCN(C)C)CC3)n1C. The summed E-state index contributed by atoms with van der Waals surface area (Å²) in [5.74, 6) is 6.32. The molecule has 1 N–H and O–H groups in total. The molecule has 0 saturated heterocycles. The molecule has 0 unspecified atom stereocenters. The van der Waals surface area contributed by atoms with Crippen molar-refractivity contribution in [1.29, 1.82) is 0 Å². The van der Waals surface area contributed by atoms with Crippen LogP contribution in [0.4, 0.5) is 5.69 Å². The number of nitrogens with zero attached hydrogens (tertiary/aromatic N) is 5. The molecule has 2 aliphatic heterocycles. The van der Waals surface area contributed by atoms with Crippen LogP contribution in [0.1, 0.15) is 66.7 Å². The molecule has 0 spiro atoms. The summed E-state index contributed by atoms with van der Waals surface area (Å²) in [6.07, 6.45) is 1.64. The number of fused-ring (bicyclic) bond motifs is 2. The van der Waals surface area contributed by atoms with Crippen molar-refractivity contribution in [1.82, 2.24) is 19.3 Å². The van der Waals surface area contributed by atoms with Crippen LogP contribution in [-0.4, -0.2) is 82.4 Å². The fraction of sp³-hybridized carbons (Fsp3) is 0.298. The van der Waals surface area contributed by atoms with Gasteiger partial charge in [0.25, 0.3) is 11.8 Å². The molecule has 286 valence electrons. The molecule has 3 amide bonds. The van der Waals surface area contributed by atoms with Gasteiger partial charge in [0.05, 0.1) is 18.5 Å². The molecule has 9 heteroatoms. The Bertz CT molecular complexity index is 2380. The van der Waals surface area contributed by atoms with Gasteiger partial charge in [-0.1, -0.05) is 54.3 Å². The number of carbonyl (C=O) groups is 3. The predicted molar refractivity (Wildman–Crippen MR) is 221 cm³/mol. The van der Waals surface area contributed by atoms with Crippen molar-refractivity contribution in [3.8, 4) is 28.8 Å². The summed E-state index contributed by atoms with van der Waals surface area (Å²) >= 11 is 0. The monoisotopic (exact) mass is 747 g/mol. The first-order valence-electron chi connectivity index (χ1n) is 19.2. The van der Waals surface area contributed by atoms with Gasteiger partial charge in [-0.25, -0.2) is 0 Å². The van der Waals surface area contributed by atoms with Crippen LogP contribution in [0.25, 0.3) is 11.3 Å². The van der Waals surface area contributed by atoms with Gasteiger partial charge in [0.1, 0.15) is 5.75 Å². The van der Waals surface area contributed by atoms with Gasteiger partial charge in [-0.2, -0.15) is 0 Å². The summed E-state index contributed by atoms with van der Waals surface area (Å²) < 4.78 is 1.99. The molecule has 0 bridgehead atoms. The lowest BCUT2D eigenvalue weighted by Gasteiger charge is -2.36. The van der Waals surface area contributed by atoms with Gasteiger partial charge in [0.15, 0.2) is 0 Å². The van der Waals surface area contributed by atoms with E-state index in [2.05, 4.69) is 37.0 Å². The first kappa shape index (κ1) is 38.2. The minimum Gasteiger partial charge on any atom is -0.508 e. The predicted octanol–water partition coefficient (Wildman–Crippen LogP) is 6.61. The number of amides is 3. The molecule has 5 aromatic rings. The molecule has 56 heavy (non-hydrogen) atoms. The second-order valence-electron chi connectivity index (χ2n) is 15.3.